The van der Waals surface area contributed by atoms with Crippen molar-refractivity contribution in [1.82, 2.24) is 20.2 Å². The number of aromatic nitrogens is 4. The number of hydrogen-bond donors (Lipinski definition) is 3. The summed E-state index contributed by atoms with van der Waals surface area (Å²) in [7, 11) is -4.18. The lowest BCUT2D eigenvalue weighted by Gasteiger charge is -2.08. The molecular weight excluding hydrogens is 434 g/mol. The zero-order chi connectivity index (χ0) is 15.8. The van der Waals surface area contributed by atoms with E-state index in [1.807, 2.05) is 0 Å². The van der Waals surface area contributed by atoms with Crippen LogP contribution in [-0.2, 0) is 10.0 Å². The number of sulfonamides is 1. The summed E-state index contributed by atoms with van der Waals surface area (Å²) < 4.78 is 27.3. The van der Waals surface area contributed by atoms with Crippen molar-refractivity contribution < 1.29 is 18.3 Å². The highest BCUT2D eigenvalue weighted by molar-refractivity contribution is 9.11. The van der Waals surface area contributed by atoms with Gasteiger partial charge < -0.3 is 5.11 Å². The third-order valence-corrected chi connectivity index (χ3v) is 4.73. The lowest BCUT2D eigenvalue weighted by Crippen LogP contribution is -2.18. The quantitative estimate of drug-likeness (QED) is 0.655. The van der Waals surface area contributed by atoms with E-state index < -0.39 is 26.6 Å². The molecule has 12 heteroatoms. The number of nitrogens with zero attached hydrogens (tertiary/aromatic N) is 3. The van der Waals surface area contributed by atoms with Crippen molar-refractivity contribution in [2.45, 2.75) is 11.8 Å². The summed E-state index contributed by atoms with van der Waals surface area (Å²) in [6.07, 6.45) is 1.29. The topological polar surface area (TPSA) is 138 Å². The van der Waals surface area contributed by atoms with Crippen molar-refractivity contribution in [1.29, 1.82) is 0 Å². The van der Waals surface area contributed by atoms with Gasteiger partial charge in [0, 0.05) is 0 Å². The fraction of sp³-hybridized carbons (Fsp3) is 0.111. The van der Waals surface area contributed by atoms with Crippen LogP contribution in [0.2, 0.25) is 0 Å². The van der Waals surface area contributed by atoms with Crippen LogP contribution in [0.25, 0.3) is 0 Å². The van der Waals surface area contributed by atoms with Crippen LogP contribution in [0, 0.1) is 6.92 Å². The van der Waals surface area contributed by atoms with Gasteiger partial charge in [-0.05, 0) is 38.8 Å². The van der Waals surface area contributed by atoms with E-state index in [0.29, 0.717) is 4.60 Å². The van der Waals surface area contributed by atoms with Crippen LogP contribution >= 0.6 is 31.9 Å². The molecule has 0 spiro atoms. The van der Waals surface area contributed by atoms with Gasteiger partial charge in [-0.2, -0.15) is 5.10 Å². The number of aryl methyl sites for hydroxylation is 1. The first kappa shape index (κ1) is 15.9. The second-order valence-corrected chi connectivity index (χ2v) is 6.95. The minimum absolute atomic E-state index is 0.0739. The smallest absolute Gasteiger partial charge is 0.357 e. The van der Waals surface area contributed by atoms with Crippen LogP contribution in [0.4, 0.5) is 5.82 Å². The average molecular weight is 441 g/mol. The molecule has 0 aromatic carbocycles. The van der Waals surface area contributed by atoms with Gasteiger partial charge in [-0.15, -0.1) is 0 Å². The van der Waals surface area contributed by atoms with Crippen molar-refractivity contribution in [3.63, 3.8) is 0 Å². The van der Waals surface area contributed by atoms with E-state index in [-0.39, 0.29) is 16.1 Å². The SMILES string of the molecule is Cc1[nH]nc(C(=O)O)c1S(=O)(=O)Nc1ncc(Br)nc1Br. The lowest BCUT2D eigenvalue weighted by molar-refractivity contribution is 0.0686. The first-order valence-electron chi connectivity index (χ1n) is 5.21. The normalized spacial score (nSPS) is 11.4. The highest BCUT2D eigenvalue weighted by Gasteiger charge is 2.29. The number of halogens is 2. The van der Waals surface area contributed by atoms with E-state index in [1.165, 1.54) is 13.1 Å². The molecule has 112 valence electrons. The Morgan fingerprint density at radius 1 is 1.43 bits per heavy atom. The summed E-state index contributed by atoms with van der Waals surface area (Å²) in [4.78, 5) is 18.4. The third kappa shape index (κ3) is 3.22. The predicted molar refractivity (Wildman–Crippen MR) is 78.5 cm³/mol. The summed E-state index contributed by atoms with van der Waals surface area (Å²) in [5.74, 6) is -1.53. The number of rotatable bonds is 4. The summed E-state index contributed by atoms with van der Waals surface area (Å²) in [5.41, 5.74) is -0.498. The molecule has 0 amide bonds. The highest BCUT2D eigenvalue weighted by Crippen LogP contribution is 2.25. The highest BCUT2D eigenvalue weighted by atomic mass is 79.9. The second-order valence-electron chi connectivity index (χ2n) is 3.77. The van der Waals surface area contributed by atoms with Crippen LogP contribution in [0.5, 0.6) is 0 Å². The second kappa shape index (κ2) is 5.69. The Bertz CT molecular complexity index is 820. The van der Waals surface area contributed by atoms with Crippen LogP contribution in [0.1, 0.15) is 16.2 Å². The van der Waals surface area contributed by atoms with Crippen molar-refractivity contribution in [3.05, 3.63) is 26.8 Å². The van der Waals surface area contributed by atoms with Crippen LogP contribution in [0.15, 0.2) is 20.3 Å². The number of carboxylic acid groups (broad SMARTS) is 1. The molecule has 0 saturated heterocycles. The largest absolute Gasteiger partial charge is 0.476 e. The minimum Gasteiger partial charge on any atom is -0.476 e. The number of H-pyrrole nitrogens is 1. The van der Waals surface area contributed by atoms with Crippen molar-refractivity contribution in [2.75, 3.05) is 4.72 Å². The molecule has 2 aromatic heterocycles. The fourth-order valence-electron chi connectivity index (χ4n) is 1.49. The maximum Gasteiger partial charge on any atom is 0.357 e. The van der Waals surface area contributed by atoms with Gasteiger partial charge in [-0.1, -0.05) is 0 Å². The Balaban J connectivity index is 2.48. The molecule has 2 heterocycles. The molecule has 3 N–H and O–H groups in total. The molecule has 0 saturated carbocycles. The lowest BCUT2D eigenvalue weighted by atomic mass is 10.4. The Morgan fingerprint density at radius 2 is 2.10 bits per heavy atom. The number of carbonyl (C=O) groups is 1. The summed E-state index contributed by atoms with van der Waals surface area (Å²) in [6, 6.07) is 0. The van der Waals surface area contributed by atoms with Crippen molar-refractivity contribution in [3.8, 4) is 0 Å². The first-order valence-corrected chi connectivity index (χ1v) is 8.28. The summed E-state index contributed by atoms with van der Waals surface area (Å²) >= 11 is 6.14. The number of hydrogen-bond acceptors (Lipinski definition) is 6. The molecule has 2 rings (SSSR count). The molecule has 0 unspecified atom stereocenters. The molecule has 0 aliphatic carbocycles. The van der Waals surface area contributed by atoms with Crippen LogP contribution < -0.4 is 4.72 Å². The Labute approximate surface area is 135 Å². The van der Waals surface area contributed by atoms with E-state index in [9.17, 15) is 13.2 Å². The number of anilines is 1. The van der Waals surface area contributed by atoms with E-state index in [1.54, 1.807) is 0 Å². The molecule has 0 fully saturated rings. The number of carboxylic acids is 1. The minimum atomic E-state index is -4.18. The Kier molecular flexibility index (Phi) is 4.30. The molecule has 0 radical (unpaired) electrons. The van der Waals surface area contributed by atoms with Gasteiger partial charge in [0.25, 0.3) is 10.0 Å². The summed E-state index contributed by atoms with van der Waals surface area (Å²) in [6.45, 7) is 1.40. The van der Waals surface area contributed by atoms with Gasteiger partial charge in [0.1, 0.15) is 9.50 Å². The van der Waals surface area contributed by atoms with E-state index in [4.69, 9.17) is 5.11 Å². The van der Waals surface area contributed by atoms with Gasteiger partial charge in [-0.25, -0.2) is 23.2 Å². The van der Waals surface area contributed by atoms with Gasteiger partial charge in [-0.3, -0.25) is 9.82 Å². The van der Waals surface area contributed by atoms with Gasteiger partial charge in [0.05, 0.1) is 11.9 Å². The zero-order valence-corrected chi connectivity index (χ0v) is 14.2. The number of nitrogens with one attached hydrogen (secondary N) is 2. The first-order chi connectivity index (χ1) is 9.72. The van der Waals surface area contributed by atoms with Crippen LogP contribution in [0.3, 0.4) is 0 Å². The molecule has 0 bridgehead atoms. The van der Waals surface area contributed by atoms with E-state index in [0.717, 1.165) is 0 Å². The molecule has 0 aliphatic heterocycles. The molecule has 0 aliphatic rings. The summed E-state index contributed by atoms with van der Waals surface area (Å²) in [5, 5.41) is 14.8. The number of aromatic carboxylic acids is 1. The van der Waals surface area contributed by atoms with Gasteiger partial charge in [0.2, 0.25) is 0 Å². The van der Waals surface area contributed by atoms with E-state index >= 15 is 0 Å². The molecule has 9 nitrogen and oxygen atoms in total. The molecule has 21 heavy (non-hydrogen) atoms. The fourth-order valence-corrected chi connectivity index (χ4v) is 3.87. The molecule has 0 atom stereocenters. The Morgan fingerprint density at radius 3 is 2.67 bits per heavy atom. The monoisotopic (exact) mass is 439 g/mol. The molecule has 2 aromatic rings. The van der Waals surface area contributed by atoms with Crippen molar-refractivity contribution in [2.24, 2.45) is 0 Å². The van der Waals surface area contributed by atoms with Gasteiger partial charge in [0.15, 0.2) is 16.1 Å². The average Bonchev–Trinajstić information content (AvgIpc) is 2.76. The standard InChI is InChI=1S/C9H7Br2N5O4S/c1-3-6(5(9(17)18)15-14-3)21(19,20)16-8-7(11)13-4(10)2-12-8/h2H,1H3,(H,12,16)(H,14,15)(H,17,18). The molecular formula is C9H7Br2N5O4S. The number of aromatic amines is 1. The third-order valence-electron chi connectivity index (χ3n) is 2.29. The van der Waals surface area contributed by atoms with Gasteiger partial charge >= 0.3 is 5.97 Å². The van der Waals surface area contributed by atoms with Crippen LogP contribution in [-0.4, -0.2) is 39.7 Å². The van der Waals surface area contributed by atoms with Crippen molar-refractivity contribution >= 4 is 53.7 Å². The predicted octanol–water partition coefficient (Wildman–Crippen LogP) is 1.53. The Hall–Kier alpha value is -1.53. The maximum absolute atomic E-state index is 12.3. The maximum atomic E-state index is 12.3. The van der Waals surface area contributed by atoms with E-state index in [2.05, 4.69) is 56.7 Å². The zero-order valence-electron chi connectivity index (χ0n) is 10.3.